The van der Waals surface area contributed by atoms with Gasteiger partial charge in [-0.15, -0.1) is 10.2 Å². The lowest BCUT2D eigenvalue weighted by atomic mass is 10.2. The largest absolute Gasteiger partial charge is 0.497 e. The van der Waals surface area contributed by atoms with Gasteiger partial charge in [-0.3, -0.25) is 4.57 Å². The van der Waals surface area contributed by atoms with Crippen LogP contribution in [0.15, 0.2) is 78.0 Å². The predicted molar refractivity (Wildman–Crippen MR) is 114 cm³/mol. The molecule has 0 atom stereocenters. The molecule has 7 heteroatoms. The van der Waals surface area contributed by atoms with Crippen LogP contribution in [0.3, 0.4) is 0 Å². The summed E-state index contributed by atoms with van der Waals surface area (Å²) < 4.78 is 20.6. The van der Waals surface area contributed by atoms with Crippen molar-refractivity contribution >= 4 is 23.4 Å². The Kier molecular flexibility index (Phi) is 5.83. The molecule has 1 aromatic heterocycles. The zero-order valence-corrected chi connectivity index (χ0v) is 17.1. The van der Waals surface area contributed by atoms with Gasteiger partial charge in [0.1, 0.15) is 11.6 Å². The summed E-state index contributed by atoms with van der Waals surface area (Å²) in [6.07, 6.45) is 0. The second kappa shape index (κ2) is 8.68. The highest BCUT2D eigenvalue weighted by Crippen LogP contribution is 2.30. The molecule has 0 aliphatic heterocycles. The van der Waals surface area contributed by atoms with Crippen LogP contribution < -0.4 is 4.74 Å². The summed E-state index contributed by atoms with van der Waals surface area (Å²) in [7, 11) is 1.63. The van der Waals surface area contributed by atoms with Crippen molar-refractivity contribution < 1.29 is 9.13 Å². The molecule has 0 unspecified atom stereocenters. The molecular formula is C22H17ClFN3OS. The van der Waals surface area contributed by atoms with Gasteiger partial charge in [0.2, 0.25) is 0 Å². The van der Waals surface area contributed by atoms with Gasteiger partial charge in [-0.1, -0.05) is 35.5 Å². The van der Waals surface area contributed by atoms with E-state index in [4.69, 9.17) is 16.3 Å². The summed E-state index contributed by atoms with van der Waals surface area (Å²) in [5, 5.41) is 10.2. The number of thioether (sulfide) groups is 1. The fourth-order valence-corrected chi connectivity index (χ4v) is 3.88. The van der Waals surface area contributed by atoms with Crippen LogP contribution in [0.5, 0.6) is 5.75 Å². The number of halogens is 2. The molecule has 0 spiro atoms. The molecule has 4 nitrogen and oxygen atoms in total. The predicted octanol–water partition coefficient (Wildman–Crippen LogP) is 6.03. The van der Waals surface area contributed by atoms with Crippen LogP contribution in [0.1, 0.15) is 5.56 Å². The van der Waals surface area contributed by atoms with Crippen molar-refractivity contribution in [3.63, 3.8) is 0 Å². The fraction of sp³-hybridized carbons (Fsp3) is 0.0909. The van der Waals surface area contributed by atoms with E-state index in [1.165, 1.54) is 12.1 Å². The Hall–Kier alpha value is -2.83. The Bertz CT molecular complexity index is 1100. The van der Waals surface area contributed by atoms with Crippen LogP contribution >= 0.6 is 23.4 Å². The molecule has 0 N–H and O–H groups in total. The van der Waals surface area contributed by atoms with Crippen molar-refractivity contribution in [3.05, 3.63) is 89.2 Å². The first-order valence-corrected chi connectivity index (χ1v) is 10.2. The lowest BCUT2D eigenvalue weighted by Gasteiger charge is -2.11. The van der Waals surface area contributed by atoms with Gasteiger partial charge in [-0.25, -0.2) is 4.39 Å². The molecule has 0 fully saturated rings. The van der Waals surface area contributed by atoms with Crippen molar-refractivity contribution in [2.75, 3.05) is 7.11 Å². The lowest BCUT2D eigenvalue weighted by Crippen LogP contribution is -2.00. The number of ether oxygens (including phenoxy) is 1. The minimum atomic E-state index is -0.290. The first-order valence-electron chi connectivity index (χ1n) is 8.87. The summed E-state index contributed by atoms with van der Waals surface area (Å²) in [4.78, 5) is 0. The molecular weight excluding hydrogens is 409 g/mol. The SMILES string of the molecule is COc1ccc(-n2c(SCc3ccc(Cl)cc3)nnc2-c2ccc(F)cc2)cc1. The van der Waals surface area contributed by atoms with Crippen LogP contribution in [0.2, 0.25) is 5.02 Å². The van der Waals surface area contributed by atoms with E-state index < -0.39 is 0 Å². The van der Waals surface area contributed by atoms with Crippen LogP contribution in [0, 0.1) is 5.82 Å². The number of benzene rings is 3. The maximum atomic E-state index is 13.4. The minimum Gasteiger partial charge on any atom is -0.497 e. The molecule has 3 aromatic carbocycles. The summed E-state index contributed by atoms with van der Waals surface area (Å²) in [5.41, 5.74) is 2.81. The number of aromatic nitrogens is 3. The maximum Gasteiger partial charge on any atom is 0.196 e. The van der Waals surface area contributed by atoms with E-state index in [2.05, 4.69) is 10.2 Å². The summed E-state index contributed by atoms with van der Waals surface area (Å²) in [5.74, 6) is 1.84. The van der Waals surface area contributed by atoms with Crippen molar-refractivity contribution in [2.45, 2.75) is 10.9 Å². The van der Waals surface area contributed by atoms with Gasteiger partial charge in [0, 0.05) is 22.0 Å². The highest BCUT2D eigenvalue weighted by Gasteiger charge is 2.16. The third-order valence-corrected chi connectivity index (χ3v) is 5.60. The second-order valence-electron chi connectivity index (χ2n) is 6.26. The Labute approximate surface area is 177 Å². The Balaban J connectivity index is 1.71. The van der Waals surface area contributed by atoms with Gasteiger partial charge < -0.3 is 4.74 Å². The van der Waals surface area contributed by atoms with Crippen LogP contribution in [-0.4, -0.2) is 21.9 Å². The maximum absolute atomic E-state index is 13.4. The van der Waals surface area contributed by atoms with Gasteiger partial charge >= 0.3 is 0 Å². The highest BCUT2D eigenvalue weighted by molar-refractivity contribution is 7.98. The minimum absolute atomic E-state index is 0.290. The Morgan fingerprint density at radius 2 is 1.62 bits per heavy atom. The number of rotatable bonds is 6. The summed E-state index contributed by atoms with van der Waals surface area (Å²) in [6, 6.07) is 21.6. The Morgan fingerprint density at radius 3 is 2.28 bits per heavy atom. The first kappa shape index (κ1) is 19.5. The second-order valence-corrected chi connectivity index (χ2v) is 7.64. The average molecular weight is 426 g/mol. The number of hydrogen-bond donors (Lipinski definition) is 0. The van der Waals surface area contributed by atoms with Crippen molar-refractivity contribution in [3.8, 4) is 22.8 Å². The molecule has 4 aromatic rings. The average Bonchev–Trinajstić information content (AvgIpc) is 3.18. The first-order chi connectivity index (χ1) is 14.1. The lowest BCUT2D eigenvalue weighted by molar-refractivity contribution is 0.414. The Morgan fingerprint density at radius 1 is 0.931 bits per heavy atom. The topological polar surface area (TPSA) is 39.9 Å². The smallest absolute Gasteiger partial charge is 0.196 e. The van der Waals surface area contributed by atoms with Crippen molar-refractivity contribution in [1.82, 2.24) is 14.8 Å². The summed E-state index contributed by atoms with van der Waals surface area (Å²) >= 11 is 7.54. The third-order valence-electron chi connectivity index (χ3n) is 4.35. The normalized spacial score (nSPS) is 10.9. The molecule has 0 aliphatic rings. The molecule has 146 valence electrons. The van der Waals surface area contributed by atoms with E-state index >= 15 is 0 Å². The molecule has 0 saturated heterocycles. The van der Waals surface area contributed by atoms with Gasteiger partial charge in [-0.05, 0) is 66.2 Å². The van der Waals surface area contributed by atoms with Gasteiger partial charge in [0.05, 0.1) is 7.11 Å². The van der Waals surface area contributed by atoms with Gasteiger partial charge in [-0.2, -0.15) is 0 Å². The summed E-state index contributed by atoms with van der Waals surface area (Å²) in [6.45, 7) is 0. The molecule has 4 rings (SSSR count). The standard InChI is InChI=1S/C22H17ClFN3OS/c1-28-20-12-10-19(11-13-20)27-21(16-4-8-18(24)9-5-16)25-26-22(27)29-14-15-2-6-17(23)7-3-15/h2-13H,14H2,1H3. The molecule has 1 heterocycles. The molecule has 0 amide bonds. The van der Waals surface area contributed by atoms with Gasteiger partial charge in [0.15, 0.2) is 11.0 Å². The van der Waals surface area contributed by atoms with E-state index in [0.29, 0.717) is 10.8 Å². The van der Waals surface area contributed by atoms with Crippen molar-refractivity contribution in [1.29, 1.82) is 0 Å². The molecule has 29 heavy (non-hydrogen) atoms. The monoisotopic (exact) mass is 425 g/mol. The van der Waals surface area contributed by atoms with E-state index in [0.717, 1.165) is 33.5 Å². The zero-order chi connectivity index (χ0) is 20.2. The molecule has 0 aliphatic carbocycles. The van der Waals surface area contributed by atoms with Crippen LogP contribution in [-0.2, 0) is 5.75 Å². The fourth-order valence-electron chi connectivity index (χ4n) is 2.84. The van der Waals surface area contributed by atoms with Crippen LogP contribution in [0.25, 0.3) is 17.1 Å². The van der Waals surface area contributed by atoms with E-state index in [1.54, 1.807) is 31.0 Å². The zero-order valence-electron chi connectivity index (χ0n) is 15.5. The van der Waals surface area contributed by atoms with E-state index in [9.17, 15) is 4.39 Å². The quantitative estimate of drug-likeness (QED) is 0.354. The molecule has 0 bridgehead atoms. The molecule has 0 saturated carbocycles. The highest BCUT2D eigenvalue weighted by atomic mass is 35.5. The van der Waals surface area contributed by atoms with Crippen molar-refractivity contribution in [2.24, 2.45) is 0 Å². The number of methoxy groups -OCH3 is 1. The van der Waals surface area contributed by atoms with Crippen LogP contribution in [0.4, 0.5) is 4.39 Å². The third kappa shape index (κ3) is 4.44. The van der Waals surface area contributed by atoms with E-state index in [-0.39, 0.29) is 5.82 Å². The number of nitrogens with zero attached hydrogens (tertiary/aromatic N) is 3. The molecule has 0 radical (unpaired) electrons. The number of hydrogen-bond acceptors (Lipinski definition) is 4. The van der Waals surface area contributed by atoms with Gasteiger partial charge in [0.25, 0.3) is 0 Å². The van der Waals surface area contributed by atoms with E-state index in [1.807, 2.05) is 53.1 Å².